The molecule has 0 fully saturated rings. The summed E-state index contributed by atoms with van der Waals surface area (Å²) in [4.78, 5) is 37.4. The van der Waals surface area contributed by atoms with Crippen molar-refractivity contribution in [1.82, 2.24) is 9.78 Å². The molecule has 2 aromatic rings. The summed E-state index contributed by atoms with van der Waals surface area (Å²) in [6.45, 7) is 3.33. The molecule has 0 radical (unpaired) electrons. The molecule has 0 aliphatic carbocycles. The van der Waals surface area contributed by atoms with Gasteiger partial charge in [-0.05, 0) is 31.9 Å². The number of para-hydroxylation sites is 1. The van der Waals surface area contributed by atoms with Crippen LogP contribution in [0.25, 0.3) is 0 Å². The molecule has 1 aliphatic heterocycles. The van der Waals surface area contributed by atoms with Crippen LogP contribution in [0.3, 0.4) is 0 Å². The molecule has 1 aliphatic rings. The van der Waals surface area contributed by atoms with Gasteiger partial charge in [0.05, 0.1) is 11.9 Å². The van der Waals surface area contributed by atoms with Gasteiger partial charge in [0, 0.05) is 31.3 Å². The maximum atomic E-state index is 12.3. The van der Waals surface area contributed by atoms with E-state index in [1.54, 1.807) is 4.90 Å². The van der Waals surface area contributed by atoms with Gasteiger partial charge in [-0.2, -0.15) is 5.10 Å². The van der Waals surface area contributed by atoms with Crippen LogP contribution in [0.2, 0.25) is 0 Å². The van der Waals surface area contributed by atoms with Gasteiger partial charge in [0.25, 0.3) is 0 Å². The van der Waals surface area contributed by atoms with Crippen molar-refractivity contribution in [1.29, 1.82) is 0 Å². The number of hydrogen-bond acceptors (Lipinski definition) is 4. The fourth-order valence-corrected chi connectivity index (χ4v) is 2.97. The molecular formula is C19H22N4O4. The number of aryl methyl sites for hydroxylation is 1. The third-order valence-electron chi connectivity index (χ3n) is 4.72. The quantitative estimate of drug-likeness (QED) is 0.809. The number of nitrogens with one attached hydrogen (secondary N) is 1. The van der Waals surface area contributed by atoms with Gasteiger partial charge >= 0.3 is 5.97 Å². The molecule has 2 amide bonds. The Morgan fingerprint density at radius 2 is 2.00 bits per heavy atom. The van der Waals surface area contributed by atoms with Crippen molar-refractivity contribution in [3.63, 3.8) is 0 Å². The molecule has 0 unspecified atom stereocenters. The van der Waals surface area contributed by atoms with Crippen LogP contribution in [-0.2, 0) is 26.3 Å². The SMILES string of the molecule is CC(C)(C(=O)O)n1cc(NC(=O)CCN2C(=O)CCc3ccccc32)cn1. The summed E-state index contributed by atoms with van der Waals surface area (Å²) in [5.41, 5.74) is 1.17. The zero-order valence-electron chi connectivity index (χ0n) is 15.3. The Kier molecular flexibility index (Phi) is 4.98. The standard InChI is InChI=1S/C19H22N4O4/c1-19(2,18(26)27)23-12-14(11-20-23)21-16(24)9-10-22-15-6-4-3-5-13(15)7-8-17(22)25/h3-6,11-12H,7-10H2,1-2H3,(H,21,24)(H,26,27). The van der Waals surface area contributed by atoms with E-state index in [1.807, 2.05) is 24.3 Å². The predicted molar refractivity (Wildman–Crippen MR) is 99.5 cm³/mol. The van der Waals surface area contributed by atoms with Gasteiger partial charge in [0.15, 0.2) is 5.54 Å². The van der Waals surface area contributed by atoms with E-state index < -0.39 is 11.5 Å². The Hall–Kier alpha value is -3.16. The summed E-state index contributed by atoms with van der Waals surface area (Å²) in [5.74, 6) is -1.28. The summed E-state index contributed by atoms with van der Waals surface area (Å²) < 4.78 is 1.29. The van der Waals surface area contributed by atoms with Gasteiger partial charge in [-0.25, -0.2) is 4.79 Å². The van der Waals surface area contributed by atoms with Gasteiger partial charge in [-0.3, -0.25) is 14.3 Å². The number of carbonyl (C=O) groups excluding carboxylic acids is 2. The Morgan fingerprint density at radius 3 is 2.74 bits per heavy atom. The molecule has 0 saturated heterocycles. The van der Waals surface area contributed by atoms with Crippen molar-refractivity contribution in [2.45, 2.75) is 38.6 Å². The number of aromatic nitrogens is 2. The molecule has 0 atom stereocenters. The number of amides is 2. The summed E-state index contributed by atoms with van der Waals surface area (Å²) in [5, 5.41) is 15.9. The fourth-order valence-electron chi connectivity index (χ4n) is 2.97. The Balaban J connectivity index is 1.62. The molecule has 0 saturated carbocycles. The first kappa shape index (κ1) is 18.6. The van der Waals surface area contributed by atoms with Gasteiger partial charge in [-0.15, -0.1) is 0 Å². The van der Waals surface area contributed by atoms with E-state index in [9.17, 15) is 19.5 Å². The third-order valence-corrected chi connectivity index (χ3v) is 4.72. The lowest BCUT2D eigenvalue weighted by Crippen LogP contribution is -2.37. The number of carboxylic acids is 1. The average molecular weight is 370 g/mol. The molecule has 0 bridgehead atoms. The molecule has 0 spiro atoms. The average Bonchev–Trinajstić information content (AvgIpc) is 3.10. The van der Waals surface area contributed by atoms with E-state index in [-0.39, 0.29) is 24.8 Å². The topological polar surface area (TPSA) is 105 Å². The smallest absolute Gasteiger partial charge is 0.331 e. The molecule has 1 aromatic carbocycles. The number of benzene rings is 1. The lowest BCUT2D eigenvalue weighted by atomic mass is 10.0. The number of aliphatic carboxylic acids is 1. The zero-order chi connectivity index (χ0) is 19.6. The molecule has 27 heavy (non-hydrogen) atoms. The van der Waals surface area contributed by atoms with E-state index in [2.05, 4.69) is 10.4 Å². The number of nitrogens with zero attached hydrogens (tertiary/aromatic N) is 3. The molecule has 2 N–H and O–H groups in total. The van der Waals surface area contributed by atoms with Crippen molar-refractivity contribution in [3.05, 3.63) is 42.2 Å². The minimum Gasteiger partial charge on any atom is -0.479 e. The van der Waals surface area contributed by atoms with E-state index in [4.69, 9.17) is 0 Å². The Labute approximate surface area is 156 Å². The number of fused-ring (bicyclic) bond motifs is 1. The van der Waals surface area contributed by atoms with Crippen molar-refractivity contribution in [3.8, 4) is 0 Å². The zero-order valence-corrected chi connectivity index (χ0v) is 15.3. The predicted octanol–water partition coefficient (Wildman–Crippen LogP) is 2.01. The Bertz CT molecular complexity index is 887. The van der Waals surface area contributed by atoms with Crippen LogP contribution in [0.1, 0.15) is 32.3 Å². The highest BCUT2D eigenvalue weighted by atomic mass is 16.4. The van der Waals surface area contributed by atoms with Crippen LogP contribution < -0.4 is 10.2 Å². The van der Waals surface area contributed by atoms with Crippen LogP contribution >= 0.6 is 0 Å². The first-order valence-electron chi connectivity index (χ1n) is 8.75. The second kappa shape index (κ2) is 7.22. The minimum absolute atomic E-state index is 0.0116. The molecule has 3 rings (SSSR count). The van der Waals surface area contributed by atoms with E-state index in [1.165, 1.54) is 30.9 Å². The highest BCUT2D eigenvalue weighted by Gasteiger charge is 2.30. The molecular weight excluding hydrogens is 348 g/mol. The van der Waals surface area contributed by atoms with Crippen LogP contribution in [0.5, 0.6) is 0 Å². The van der Waals surface area contributed by atoms with Gasteiger partial charge in [-0.1, -0.05) is 18.2 Å². The molecule has 142 valence electrons. The van der Waals surface area contributed by atoms with Crippen LogP contribution in [0, 0.1) is 0 Å². The largest absolute Gasteiger partial charge is 0.479 e. The maximum absolute atomic E-state index is 12.3. The van der Waals surface area contributed by atoms with E-state index >= 15 is 0 Å². The molecule has 8 heteroatoms. The number of carboxylic acid groups (broad SMARTS) is 1. The monoisotopic (exact) mass is 370 g/mol. The summed E-state index contributed by atoms with van der Waals surface area (Å²) in [6, 6.07) is 7.70. The molecule has 2 heterocycles. The fraction of sp³-hybridized carbons (Fsp3) is 0.368. The summed E-state index contributed by atoms with van der Waals surface area (Å²) in [7, 11) is 0. The van der Waals surface area contributed by atoms with E-state index in [0.29, 0.717) is 12.1 Å². The number of hydrogen-bond donors (Lipinski definition) is 2. The van der Waals surface area contributed by atoms with Gasteiger partial charge < -0.3 is 15.3 Å². The second-order valence-electron chi connectivity index (χ2n) is 7.01. The summed E-state index contributed by atoms with van der Waals surface area (Å²) >= 11 is 0. The van der Waals surface area contributed by atoms with Crippen molar-refractivity contribution in [2.75, 3.05) is 16.8 Å². The van der Waals surface area contributed by atoms with Crippen molar-refractivity contribution < 1.29 is 19.5 Å². The van der Waals surface area contributed by atoms with Gasteiger partial charge in [0.1, 0.15) is 0 Å². The van der Waals surface area contributed by atoms with Crippen LogP contribution in [0.15, 0.2) is 36.7 Å². The maximum Gasteiger partial charge on any atom is 0.331 e. The third kappa shape index (κ3) is 3.84. The molecule has 1 aromatic heterocycles. The second-order valence-corrected chi connectivity index (χ2v) is 7.01. The van der Waals surface area contributed by atoms with Crippen molar-refractivity contribution in [2.24, 2.45) is 0 Å². The van der Waals surface area contributed by atoms with Crippen molar-refractivity contribution >= 4 is 29.2 Å². The first-order chi connectivity index (χ1) is 12.8. The number of carbonyl (C=O) groups is 3. The lowest BCUT2D eigenvalue weighted by Gasteiger charge is -2.29. The normalized spacial score (nSPS) is 14.0. The highest BCUT2D eigenvalue weighted by molar-refractivity contribution is 5.98. The first-order valence-corrected chi connectivity index (χ1v) is 8.75. The molecule has 8 nitrogen and oxygen atoms in total. The highest BCUT2D eigenvalue weighted by Crippen LogP contribution is 2.27. The number of anilines is 2. The number of rotatable bonds is 6. The van der Waals surface area contributed by atoms with Gasteiger partial charge in [0.2, 0.25) is 11.8 Å². The van der Waals surface area contributed by atoms with Crippen LogP contribution in [0.4, 0.5) is 11.4 Å². The Morgan fingerprint density at radius 1 is 1.26 bits per heavy atom. The summed E-state index contributed by atoms with van der Waals surface area (Å²) in [6.07, 6.45) is 4.18. The van der Waals surface area contributed by atoms with E-state index in [0.717, 1.165) is 17.7 Å². The van der Waals surface area contributed by atoms with Crippen LogP contribution in [-0.4, -0.2) is 39.2 Å². The minimum atomic E-state index is -1.22. The lowest BCUT2D eigenvalue weighted by molar-refractivity contribution is -0.146.